The molecule has 22 heavy (non-hydrogen) atoms. The molecule has 7 heteroatoms. The first-order valence-electron chi connectivity index (χ1n) is 7.19. The van der Waals surface area contributed by atoms with Crippen LogP contribution in [-0.4, -0.2) is 43.7 Å². The van der Waals surface area contributed by atoms with Gasteiger partial charge in [-0.05, 0) is 31.9 Å². The molecular weight excluding hydrogens is 294 g/mol. The lowest BCUT2D eigenvalue weighted by Gasteiger charge is -2.22. The third-order valence-electron chi connectivity index (χ3n) is 3.55. The minimum atomic E-state index is -2.94. The smallest absolute Gasteiger partial charge is 0.387 e. The highest BCUT2D eigenvalue weighted by molar-refractivity contribution is 5.84. The molecule has 1 amide bonds. The maximum absolute atomic E-state index is 12.4. The molecule has 1 atom stereocenters. The van der Waals surface area contributed by atoms with Crippen molar-refractivity contribution in [2.45, 2.75) is 32.4 Å². The Kier molecular flexibility index (Phi) is 5.41. The van der Waals surface area contributed by atoms with Crippen LogP contribution in [0.1, 0.15) is 19.8 Å². The van der Waals surface area contributed by atoms with Crippen molar-refractivity contribution in [3.05, 3.63) is 18.2 Å². The van der Waals surface area contributed by atoms with Gasteiger partial charge in [-0.25, -0.2) is 0 Å². The second-order valence-corrected chi connectivity index (χ2v) is 5.14. The van der Waals surface area contributed by atoms with Gasteiger partial charge in [0.1, 0.15) is 6.04 Å². The van der Waals surface area contributed by atoms with E-state index in [1.807, 2.05) is 0 Å². The molecule has 0 saturated carbocycles. The molecule has 0 spiro atoms. The van der Waals surface area contributed by atoms with E-state index in [0.29, 0.717) is 5.69 Å². The molecule has 1 aliphatic rings. The summed E-state index contributed by atoms with van der Waals surface area (Å²) in [5.74, 6) is 0.150. The summed E-state index contributed by atoms with van der Waals surface area (Å²) in [6, 6.07) is 4.14. The van der Waals surface area contributed by atoms with Crippen molar-refractivity contribution < 1.29 is 23.0 Å². The van der Waals surface area contributed by atoms with E-state index in [0.717, 1.165) is 25.9 Å². The Labute approximate surface area is 128 Å². The van der Waals surface area contributed by atoms with Crippen LogP contribution >= 0.6 is 0 Å². The number of hydrogen-bond donors (Lipinski definition) is 1. The second-order valence-electron chi connectivity index (χ2n) is 5.14. The molecule has 0 aromatic heterocycles. The van der Waals surface area contributed by atoms with Crippen molar-refractivity contribution >= 4 is 11.6 Å². The molecule has 122 valence electrons. The van der Waals surface area contributed by atoms with Gasteiger partial charge in [0, 0.05) is 24.8 Å². The predicted octanol–water partition coefficient (Wildman–Crippen LogP) is 2.72. The Morgan fingerprint density at radius 1 is 1.27 bits per heavy atom. The van der Waals surface area contributed by atoms with Crippen LogP contribution in [0.4, 0.5) is 14.5 Å². The first-order valence-corrected chi connectivity index (χ1v) is 7.19. The number of nitrogens with zero attached hydrogens (tertiary/aromatic N) is 1. The van der Waals surface area contributed by atoms with Crippen LogP contribution in [0, 0.1) is 0 Å². The second kappa shape index (κ2) is 7.29. The van der Waals surface area contributed by atoms with Crippen LogP contribution < -0.4 is 14.8 Å². The third kappa shape index (κ3) is 3.99. The van der Waals surface area contributed by atoms with Gasteiger partial charge in [-0.2, -0.15) is 8.78 Å². The Morgan fingerprint density at radius 3 is 2.55 bits per heavy atom. The number of alkyl halides is 2. The van der Waals surface area contributed by atoms with Crippen LogP contribution in [0.5, 0.6) is 11.5 Å². The van der Waals surface area contributed by atoms with Gasteiger partial charge in [-0.1, -0.05) is 0 Å². The number of likely N-dealkylation sites (tertiary alicyclic amines) is 1. The lowest BCUT2D eigenvalue weighted by atomic mass is 10.2. The predicted molar refractivity (Wildman–Crippen MR) is 78.5 cm³/mol. The van der Waals surface area contributed by atoms with Gasteiger partial charge in [0.15, 0.2) is 11.5 Å². The summed E-state index contributed by atoms with van der Waals surface area (Å²) < 4.78 is 34.2. The molecule has 1 saturated heterocycles. The number of carbonyl (C=O) groups excluding carboxylic acids is 1. The fourth-order valence-corrected chi connectivity index (χ4v) is 2.48. The molecular formula is C15H20F2N2O3. The van der Waals surface area contributed by atoms with E-state index in [2.05, 4.69) is 10.1 Å². The van der Waals surface area contributed by atoms with Gasteiger partial charge in [-0.3, -0.25) is 4.79 Å². The maximum Gasteiger partial charge on any atom is 0.387 e. The number of anilines is 1. The Morgan fingerprint density at radius 2 is 1.95 bits per heavy atom. The minimum Gasteiger partial charge on any atom is -0.493 e. The van der Waals surface area contributed by atoms with Crippen LogP contribution in [0.25, 0.3) is 0 Å². The average molecular weight is 314 g/mol. The number of amides is 1. The molecule has 1 aromatic rings. The van der Waals surface area contributed by atoms with E-state index in [4.69, 9.17) is 4.74 Å². The monoisotopic (exact) mass is 314 g/mol. The van der Waals surface area contributed by atoms with Gasteiger partial charge in [0.2, 0.25) is 5.91 Å². The van der Waals surface area contributed by atoms with Crippen molar-refractivity contribution in [1.29, 1.82) is 0 Å². The quantitative estimate of drug-likeness (QED) is 0.877. The topological polar surface area (TPSA) is 50.8 Å². The summed E-state index contributed by atoms with van der Waals surface area (Å²) in [5, 5.41) is 3.01. The number of rotatable bonds is 6. The van der Waals surface area contributed by atoms with Gasteiger partial charge >= 0.3 is 6.61 Å². The van der Waals surface area contributed by atoms with E-state index in [1.54, 1.807) is 17.9 Å². The van der Waals surface area contributed by atoms with Crippen molar-refractivity contribution in [2.75, 3.05) is 25.5 Å². The highest BCUT2D eigenvalue weighted by atomic mass is 19.3. The number of ether oxygens (including phenoxy) is 2. The molecule has 1 N–H and O–H groups in total. The van der Waals surface area contributed by atoms with E-state index >= 15 is 0 Å². The molecule has 2 rings (SSSR count). The number of hydrogen-bond acceptors (Lipinski definition) is 4. The first kappa shape index (κ1) is 16.3. The summed E-state index contributed by atoms with van der Waals surface area (Å²) in [7, 11) is 1.38. The highest BCUT2D eigenvalue weighted by Crippen LogP contribution is 2.31. The van der Waals surface area contributed by atoms with Crippen LogP contribution in [0.3, 0.4) is 0 Å². The van der Waals surface area contributed by atoms with Crippen molar-refractivity contribution in [3.8, 4) is 11.5 Å². The first-order chi connectivity index (χ1) is 10.5. The number of halogens is 2. The zero-order valence-corrected chi connectivity index (χ0v) is 12.6. The average Bonchev–Trinajstić information content (AvgIpc) is 3.00. The molecule has 1 heterocycles. The number of methoxy groups -OCH3 is 1. The lowest BCUT2D eigenvalue weighted by molar-refractivity contribution is -0.130. The summed E-state index contributed by atoms with van der Waals surface area (Å²) in [4.78, 5) is 14.0. The molecule has 1 aromatic carbocycles. The number of carbonyl (C=O) groups is 1. The normalized spacial score (nSPS) is 15.8. The van der Waals surface area contributed by atoms with Gasteiger partial charge in [0.05, 0.1) is 7.11 Å². The Hall–Kier alpha value is -2.05. The van der Waals surface area contributed by atoms with Crippen LogP contribution in [0.2, 0.25) is 0 Å². The SMILES string of the molecule is COc1ccc(NC(C)C(=O)N2CCCC2)cc1OC(F)F. The van der Waals surface area contributed by atoms with E-state index < -0.39 is 12.7 Å². The summed E-state index contributed by atoms with van der Waals surface area (Å²) in [6.45, 7) is 0.353. The Balaban J connectivity index is 2.06. The third-order valence-corrected chi connectivity index (χ3v) is 3.55. The van der Waals surface area contributed by atoms with Gasteiger partial charge < -0.3 is 19.7 Å². The minimum absolute atomic E-state index is 0.00430. The molecule has 1 aliphatic heterocycles. The zero-order chi connectivity index (χ0) is 16.1. The molecule has 0 radical (unpaired) electrons. The fraction of sp³-hybridized carbons (Fsp3) is 0.533. The summed E-state index contributed by atoms with van der Waals surface area (Å²) in [6.07, 6.45) is 2.04. The van der Waals surface area contributed by atoms with Crippen LogP contribution in [0.15, 0.2) is 18.2 Å². The van der Waals surface area contributed by atoms with Crippen molar-refractivity contribution in [3.63, 3.8) is 0 Å². The molecule has 5 nitrogen and oxygen atoms in total. The van der Waals surface area contributed by atoms with Crippen molar-refractivity contribution in [2.24, 2.45) is 0 Å². The molecule has 0 aliphatic carbocycles. The maximum atomic E-state index is 12.4. The molecule has 0 bridgehead atoms. The van der Waals surface area contributed by atoms with Crippen LogP contribution in [-0.2, 0) is 4.79 Å². The lowest BCUT2D eigenvalue weighted by Crippen LogP contribution is -2.39. The van der Waals surface area contributed by atoms with E-state index in [1.165, 1.54) is 19.2 Å². The largest absolute Gasteiger partial charge is 0.493 e. The fourth-order valence-electron chi connectivity index (χ4n) is 2.48. The van der Waals surface area contributed by atoms with Gasteiger partial charge in [-0.15, -0.1) is 0 Å². The highest BCUT2D eigenvalue weighted by Gasteiger charge is 2.23. The van der Waals surface area contributed by atoms with E-state index in [9.17, 15) is 13.6 Å². The standard InChI is InChI=1S/C15H20F2N2O3/c1-10(14(20)19-7-3-4-8-19)18-11-5-6-12(21-2)13(9-11)22-15(16)17/h5-6,9-10,15,18H,3-4,7-8H2,1-2H3. The van der Waals surface area contributed by atoms with Crippen molar-refractivity contribution in [1.82, 2.24) is 4.90 Å². The van der Waals surface area contributed by atoms with Gasteiger partial charge in [0.25, 0.3) is 0 Å². The zero-order valence-electron chi connectivity index (χ0n) is 12.6. The number of nitrogens with one attached hydrogen (secondary N) is 1. The molecule has 1 unspecified atom stereocenters. The number of benzene rings is 1. The van der Waals surface area contributed by atoms with E-state index in [-0.39, 0.29) is 17.4 Å². The molecule has 1 fully saturated rings. The Bertz CT molecular complexity index is 520. The summed E-state index contributed by atoms with van der Waals surface area (Å²) >= 11 is 0. The summed E-state index contributed by atoms with van der Waals surface area (Å²) in [5.41, 5.74) is 0.525.